The van der Waals surface area contributed by atoms with Crippen molar-refractivity contribution in [2.45, 2.75) is 6.61 Å². The molecule has 0 bridgehead atoms. The molecule has 5 heteroatoms. The summed E-state index contributed by atoms with van der Waals surface area (Å²) in [5.41, 5.74) is 0.998. The van der Waals surface area contributed by atoms with Crippen molar-refractivity contribution in [3.05, 3.63) is 28.5 Å². The van der Waals surface area contributed by atoms with Gasteiger partial charge in [0.15, 0.2) is 0 Å². The molecule has 11 heavy (non-hydrogen) atoms. The molecule has 1 rings (SSSR count). The Morgan fingerprint density at radius 2 is 2.45 bits per heavy atom. The van der Waals surface area contributed by atoms with Gasteiger partial charge in [0.2, 0.25) is 7.12 Å². The lowest BCUT2D eigenvalue weighted by molar-refractivity contribution is 0.368. The van der Waals surface area contributed by atoms with Crippen LogP contribution in [0.5, 0.6) is 0 Å². The maximum absolute atomic E-state index is 5.08. The third kappa shape index (κ3) is 3.27. The third-order valence-corrected chi connectivity index (χ3v) is 1.74. The van der Waals surface area contributed by atoms with E-state index in [1.165, 1.54) is 0 Å². The maximum Gasteiger partial charge on any atom is 0.203 e. The van der Waals surface area contributed by atoms with Crippen molar-refractivity contribution >= 4 is 34.9 Å². The first-order valence-corrected chi connectivity index (χ1v) is 4.50. The minimum Gasteiger partial charge on any atom is -0.324 e. The van der Waals surface area contributed by atoms with Crippen LogP contribution in [0.4, 0.5) is 0 Å². The fourth-order valence-electron chi connectivity index (χ4n) is 0.637. The molecule has 56 valence electrons. The molecular formula is C6H5BBrNOS. The fraction of sp³-hybridized carbons (Fsp3) is 0.167. The van der Waals surface area contributed by atoms with E-state index in [0.717, 1.165) is 21.9 Å². The maximum atomic E-state index is 5.08. The van der Waals surface area contributed by atoms with Crippen LogP contribution in [0.2, 0.25) is 0 Å². The van der Waals surface area contributed by atoms with E-state index in [-0.39, 0.29) is 0 Å². The summed E-state index contributed by atoms with van der Waals surface area (Å²) in [5, 5.41) is 0. The summed E-state index contributed by atoms with van der Waals surface area (Å²) in [7, 11) is 5.08. The van der Waals surface area contributed by atoms with Gasteiger partial charge in [-0.3, -0.25) is 4.98 Å². The Labute approximate surface area is 79.4 Å². The second-order valence-corrected chi connectivity index (χ2v) is 3.21. The van der Waals surface area contributed by atoms with Crippen molar-refractivity contribution in [1.29, 1.82) is 0 Å². The van der Waals surface area contributed by atoms with Crippen LogP contribution in [0.3, 0.4) is 0 Å². The molecule has 0 fully saturated rings. The largest absolute Gasteiger partial charge is 0.324 e. The monoisotopic (exact) mass is 229 g/mol. The predicted octanol–water partition coefficient (Wildman–Crippen LogP) is 2.09. The normalized spacial score (nSPS) is 9.91. The Morgan fingerprint density at radius 1 is 1.64 bits per heavy atom. The standard InChI is InChI=1S/C6H5BBrNOS/c7-11-10-4-5-1-6(8)3-9-2-5/h1-3H,4H2. The summed E-state index contributed by atoms with van der Waals surface area (Å²) < 4.78 is 5.85. The molecule has 0 amide bonds. The Balaban J connectivity index is 2.56. The van der Waals surface area contributed by atoms with Crippen molar-refractivity contribution in [3.8, 4) is 0 Å². The van der Waals surface area contributed by atoms with Gasteiger partial charge in [-0.2, -0.15) is 0 Å². The molecule has 0 unspecified atom stereocenters. The van der Waals surface area contributed by atoms with Crippen LogP contribution >= 0.6 is 27.8 Å². The molecule has 0 saturated carbocycles. The zero-order chi connectivity index (χ0) is 8.10. The molecule has 2 nitrogen and oxygen atoms in total. The van der Waals surface area contributed by atoms with Crippen LogP contribution in [0.15, 0.2) is 22.9 Å². The molecule has 0 N–H and O–H groups in total. The number of pyridine rings is 1. The van der Waals surface area contributed by atoms with Gasteiger partial charge < -0.3 is 4.18 Å². The molecule has 0 spiro atoms. The summed E-state index contributed by atoms with van der Waals surface area (Å²) in [6, 6.07) is 1.93. The van der Waals surface area contributed by atoms with Gasteiger partial charge in [-0.05, 0) is 27.6 Å². The SMILES string of the molecule is [B]SOCc1cncc(Br)c1. The molecule has 0 aliphatic carbocycles. The zero-order valence-corrected chi connectivity index (χ0v) is 8.06. The molecule has 0 aromatic carbocycles. The molecular weight excluding hydrogens is 225 g/mol. The Morgan fingerprint density at radius 3 is 3.09 bits per heavy atom. The molecule has 2 radical (unpaired) electrons. The van der Waals surface area contributed by atoms with E-state index in [2.05, 4.69) is 20.9 Å². The fourth-order valence-corrected chi connectivity index (χ4v) is 1.25. The van der Waals surface area contributed by atoms with Gasteiger partial charge in [0, 0.05) is 16.9 Å². The molecule has 1 aromatic heterocycles. The average Bonchev–Trinajstić information content (AvgIpc) is 2.01. The van der Waals surface area contributed by atoms with Crippen LogP contribution < -0.4 is 0 Å². The molecule has 0 aliphatic rings. The first-order chi connectivity index (χ1) is 5.33. The number of rotatable bonds is 3. The Bertz CT molecular complexity index is 236. The van der Waals surface area contributed by atoms with Gasteiger partial charge in [-0.1, -0.05) is 11.9 Å². The lowest BCUT2D eigenvalue weighted by Crippen LogP contribution is -1.86. The second kappa shape index (κ2) is 4.80. The van der Waals surface area contributed by atoms with Gasteiger partial charge in [0.05, 0.1) is 6.61 Å². The quantitative estimate of drug-likeness (QED) is 0.586. The van der Waals surface area contributed by atoms with E-state index >= 15 is 0 Å². The minimum atomic E-state index is 0.480. The van der Waals surface area contributed by atoms with Crippen molar-refractivity contribution in [3.63, 3.8) is 0 Å². The number of hydrogen-bond donors (Lipinski definition) is 0. The van der Waals surface area contributed by atoms with E-state index in [0.29, 0.717) is 6.61 Å². The van der Waals surface area contributed by atoms with Crippen LogP contribution in [0.1, 0.15) is 5.56 Å². The van der Waals surface area contributed by atoms with Crippen molar-refractivity contribution < 1.29 is 4.18 Å². The van der Waals surface area contributed by atoms with Crippen LogP contribution in [0.25, 0.3) is 0 Å². The van der Waals surface area contributed by atoms with E-state index < -0.39 is 0 Å². The molecule has 0 atom stereocenters. The molecule has 0 aliphatic heterocycles. The average molecular weight is 230 g/mol. The van der Waals surface area contributed by atoms with Crippen LogP contribution in [-0.4, -0.2) is 12.1 Å². The number of aromatic nitrogens is 1. The topological polar surface area (TPSA) is 22.1 Å². The predicted molar refractivity (Wildman–Crippen MR) is 50.1 cm³/mol. The highest BCUT2D eigenvalue weighted by Gasteiger charge is 1.93. The number of nitrogens with zero attached hydrogens (tertiary/aromatic N) is 1. The van der Waals surface area contributed by atoms with Gasteiger partial charge in [0.1, 0.15) is 0 Å². The highest BCUT2D eigenvalue weighted by molar-refractivity contribution is 9.10. The van der Waals surface area contributed by atoms with E-state index in [1.54, 1.807) is 12.4 Å². The summed E-state index contributed by atoms with van der Waals surface area (Å²) in [6.45, 7) is 0.480. The minimum absolute atomic E-state index is 0.480. The molecule has 1 aromatic rings. The summed E-state index contributed by atoms with van der Waals surface area (Å²) >= 11 is 4.16. The van der Waals surface area contributed by atoms with Crippen molar-refractivity contribution in [1.82, 2.24) is 4.98 Å². The smallest absolute Gasteiger partial charge is 0.203 e. The van der Waals surface area contributed by atoms with E-state index in [1.807, 2.05) is 6.07 Å². The van der Waals surface area contributed by atoms with E-state index in [9.17, 15) is 0 Å². The van der Waals surface area contributed by atoms with Gasteiger partial charge >= 0.3 is 0 Å². The van der Waals surface area contributed by atoms with Crippen LogP contribution in [0, 0.1) is 0 Å². The Hall–Kier alpha value is 0.00494. The number of hydrogen-bond acceptors (Lipinski definition) is 3. The van der Waals surface area contributed by atoms with Crippen molar-refractivity contribution in [2.75, 3.05) is 0 Å². The van der Waals surface area contributed by atoms with Gasteiger partial charge in [-0.25, -0.2) is 0 Å². The highest BCUT2D eigenvalue weighted by Crippen LogP contribution is 2.11. The number of halogens is 1. The van der Waals surface area contributed by atoms with Crippen molar-refractivity contribution in [2.24, 2.45) is 0 Å². The first-order valence-electron chi connectivity index (χ1n) is 2.90. The summed E-state index contributed by atoms with van der Waals surface area (Å²) in [5.74, 6) is 0. The van der Waals surface area contributed by atoms with Gasteiger partial charge in [-0.15, -0.1) is 0 Å². The second-order valence-electron chi connectivity index (χ2n) is 1.87. The van der Waals surface area contributed by atoms with Crippen LogP contribution in [-0.2, 0) is 10.8 Å². The summed E-state index contributed by atoms with van der Waals surface area (Å²) in [4.78, 5) is 3.96. The Kier molecular flexibility index (Phi) is 3.97. The lowest BCUT2D eigenvalue weighted by Gasteiger charge is -1.99. The molecule has 1 heterocycles. The summed E-state index contributed by atoms with van der Waals surface area (Å²) in [6.07, 6.45) is 3.46. The molecule has 0 saturated heterocycles. The van der Waals surface area contributed by atoms with E-state index in [4.69, 9.17) is 11.3 Å². The first kappa shape index (κ1) is 9.10. The highest BCUT2D eigenvalue weighted by atomic mass is 79.9. The zero-order valence-electron chi connectivity index (χ0n) is 5.66. The lowest BCUT2D eigenvalue weighted by atomic mass is 10.3. The van der Waals surface area contributed by atoms with Gasteiger partial charge in [0.25, 0.3) is 0 Å². The third-order valence-electron chi connectivity index (χ3n) is 1.06.